The minimum absolute atomic E-state index is 0.0613. The lowest BCUT2D eigenvalue weighted by molar-refractivity contribution is 0.0919. The summed E-state index contributed by atoms with van der Waals surface area (Å²) in [5, 5.41) is 12.9. The van der Waals surface area contributed by atoms with Crippen LogP contribution < -0.4 is 16.6 Å². The molecule has 0 spiro atoms. The Labute approximate surface area is 217 Å². The summed E-state index contributed by atoms with van der Waals surface area (Å²) in [5.74, 6) is -3.87. The van der Waals surface area contributed by atoms with E-state index in [2.05, 4.69) is 10.3 Å². The number of aromatic nitrogens is 3. The Hall–Kier alpha value is -4.12. The van der Waals surface area contributed by atoms with Gasteiger partial charge in [-0.1, -0.05) is 11.6 Å². The second kappa shape index (κ2) is 9.97. The van der Waals surface area contributed by atoms with Gasteiger partial charge in [-0.3, -0.25) is 14.2 Å². The molecule has 38 heavy (non-hydrogen) atoms. The molecule has 2 N–H and O–H groups in total. The molecule has 196 valence electrons. The number of carbonyl (C=O) groups is 1. The Bertz CT molecular complexity index is 1700. The molecule has 4 aromatic rings. The summed E-state index contributed by atoms with van der Waals surface area (Å²) in [6, 6.07) is 7.00. The predicted molar refractivity (Wildman–Crippen MR) is 133 cm³/mol. The summed E-state index contributed by atoms with van der Waals surface area (Å²) in [6.45, 7) is 0. The zero-order valence-electron chi connectivity index (χ0n) is 19.6. The predicted octanol–water partition coefficient (Wildman–Crippen LogP) is 4.24. The molecule has 1 aliphatic carbocycles. The van der Waals surface area contributed by atoms with E-state index in [0.717, 1.165) is 39.6 Å². The fraction of sp³-hybridized carbons (Fsp3) is 0.231. The lowest BCUT2D eigenvalue weighted by atomic mass is 9.90. The van der Waals surface area contributed by atoms with Crippen LogP contribution in [0, 0.1) is 17.5 Å². The molecule has 2 aromatic heterocycles. The molecule has 1 amide bonds. The van der Waals surface area contributed by atoms with E-state index in [-0.39, 0.29) is 39.1 Å². The molecular weight excluding hydrogens is 525 g/mol. The third-order valence-corrected chi connectivity index (χ3v) is 6.89. The SMILES string of the molecule is O=C(N[C@H]1CC[C@@H](n2c(=O)c3cc(F)cnc3n(-c3ccc(F)c(F)c3)c2=O)CC1)c1ccc(Cl)cc1O. The van der Waals surface area contributed by atoms with Crippen molar-refractivity contribution in [3.63, 3.8) is 0 Å². The highest BCUT2D eigenvalue weighted by Gasteiger charge is 2.28. The van der Waals surface area contributed by atoms with Gasteiger partial charge in [-0.15, -0.1) is 0 Å². The van der Waals surface area contributed by atoms with E-state index in [0.29, 0.717) is 25.7 Å². The van der Waals surface area contributed by atoms with Gasteiger partial charge >= 0.3 is 5.69 Å². The highest BCUT2D eigenvalue weighted by molar-refractivity contribution is 6.30. The Kier molecular flexibility index (Phi) is 6.70. The summed E-state index contributed by atoms with van der Waals surface area (Å²) in [6.07, 6.45) is 2.27. The number of halogens is 4. The molecule has 1 aliphatic rings. The first-order valence-corrected chi connectivity index (χ1v) is 12.1. The third kappa shape index (κ3) is 4.65. The van der Waals surface area contributed by atoms with E-state index in [9.17, 15) is 32.7 Å². The highest BCUT2D eigenvalue weighted by Crippen LogP contribution is 2.29. The lowest BCUT2D eigenvalue weighted by Gasteiger charge is -2.30. The van der Waals surface area contributed by atoms with Gasteiger partial charge in [-0.25, -0.2) is 27.5 Å². The number of benzene rings is 2. The molecule has 0 bridgehead atoms. The molecule has 2 heterocycles. The molecule has 12 heteroatoms. The van der Waals surface area contributed by atoms with Gasteiger partial charge in [-0.2, -0.15) is 0 Å². The van der Waals surface area contributed by atoms with Gasteiger partial charge in [0.05, 0.1) is 22.8 Å². The van der Waals surface area contributed by atoms with Crippen molar-refractivity contribution in [1.29, 1.82) is 0 Å². The first-order valence-electron chi connectivity index (χ1n) is 11.7. The van der Waals surface area contributed by atoms with Crippen LogP contribution >= 0.6 is 11.6 Å². The van der Waals surface area contributed by atoms with Gasteiger partial charge < -0.3 is 10.4 Å². The molecule has 0 saturated heterocycles. The quantitative estimate of drug-likeness (QED) is 0.400. The van der Waals surface area contributed by atoms with Crippen LogP contribution in [0.25, 0.3) is 16.7 Å². The van der Waals surface area contributed by atoms with Gasteiger partial charge in [0.15, 0.2) is 17.3 Å². The number of pyridine rings is 1. The van der Waals surface area contributed by atoms with Gasteiger partial charge in [0.25, 0.3) is 11.5 Å². The third-order valence-electron chi connectivity index (χ3n) is 6.65. The monoisotopic (exact) mass is 544 g/mol. The first-order chi connectivity index (χ1) is 18.1. The number of rotatable bonds is 4. The maximum atomic E-state index is 14.0. The number of nitrogens with one attached hydrogen (secondary N) is 1. The highest BCUT2D eigenvalue weighted by atomic mass is 35.5. The molecule has 0 aliphatic heterocycles. The minimum atomic E-state index is -1.20. The first kappa shape index (κ1) is 25.5. The summed E-state index contributed by atoms with van der Waals surface area (Å²) in [5.41, 5.74) is -1.78. The number of hydrogen-bond donors (Lipinski definition) is 2. The number of aromatic hydroxyl groups is 1. The van der Waals surface area contributed by atoms with Crippen molar-refractivity contribution in [3.8, 4) is 11.4 Å². The van der Waals surface area contributed by atoms with E-state index >= 15 is 0 Å². The van der Waals surface area contributed by atoms with Crippen molar-refractivity contribution in [2.24, 2.45) is 0 Å². The molecule has 1 fully saturated rings. The number of fused-ring (bicyclic) bond motifs is 1. The summed E-state index contributed by atoms with van der Waals surface area (Å²) >= 11 is 5.82. The molecule has 0 atom stereocenters. The topological polar surface area (TPSA) is 106 Å². The molecular formula is C26H20ClF3N4O4. The van der Waals surface area contributed by atoms with Crippen LogP contribution in [0.1, 0.15) is 42.1 Å². The molecule has 1 saturated carbocycles. The second-order valence-corrected chi connectivity index (χ2v) is 9.49. The van der Waals surface area contributed by atoms with E-state index in [1.54, 1.807) is 0 Å². The number of hydrogen-bond acceptors (Lipinski definition) is 5. The fourth-order valence-electron chi connectivity index (χ4n) is 4.80. The van der Waals surface area contributed by atoms with Crippen molar-refractivity contribution < 1.29 is 23.1 Å². The Morgan fingerprint density at radius 2 is 1.74 bits per heavy atom. The number of phenols is 1. The van der Waals surface area contributed by atoms with E-state index in [4.69, 9.17) is 11.6 Å². The summed E-state index contributed by atoms with van der Waals surface area (Å²) in [4.78, 5) is 43.4. The average molecular weight is 545 g/mol. The maximum Gasteiger partial charge on any atom is 0.337 e. The zero-order valence-corrected chi connectivity index (χ0v) is 20.4. The van der Waals surface area contributed by atoms with Crippen molar-refractivity contribution in [1.82, 2.24) is 19.4 Å². The fourth-order valence-corrected chi connectivity index (χ4v) is 4.97. The van der Waals surface area contributed by atoms with Crippen molar-refractivity contribution in [2.45, 2.75) is 37.8 Å². The van der Waals surface area contributed by atoms with Crippen LogP contribution in [-0.2, 0) is 0 Å². The van der Waals surface area contributed by atoms with Crippen LogP contribution in [0.5, 0.6) is 5.75 Å². The maximum absolute atomic E-state index is 14.0. The lowest BCUT2D eigenvalue weighted by Crippen LogP contribution is -2.45. The largest absolute Gasteiger partial charge is 0.507 e. The van der Waals surface area contributed by atoms with Gasteiger partial charge in [0.2, 0.25) is 0 Å². The van der Waals surface area contributed by atoms with Crippen molar-refractivity contribution in [3.05, 3.63) is 97.5 Å². The number of carbonyl (C=O) groups excluding carboxylic acids is 1. The Balaban J connectivity index is 1.47. The molecule has 0 radical (unpaired) electrons. The number of nitrogens with zero attached hydrogens (tertiary/aromatic N) is 3. The van der Waals surface area contributed by atoms with E-state index in [1.165, 1.54) is 18.2 Å². The second-order valence-electron chi connectivity index (χ2n) is 9.06. The van der Waals surface area contributed by atoms with Crippen molar-refractivity contribution >= 4 is 28.5 Å². The van der Waals surface area contributed by atoms with Crippen LogP contribution in [0.4, 0.5) is 13.2 Å². The summed E-state index contributed by atoms with van der Waals surface area (Å²) in [7, 11) is 0. The smallest absolute Gasteiger partial charge is 0.337 e. The Morgan fingerprint density at radius 1 is 1.00 bits per heavy atom. The molecule has 8 nitrogen and oxygen atoms in total. The standard InChI is InChI=1S/C26H20ClF3N4O4/c27-13-1-7-18(22(35)9-13)24(36)32-15-2-4-16(5-3-15)34-25(37)19-10-14(28)12-31-23(19)33(26(34)38)17-6-8-20(29)21(30)11-17/h1,6-12,15-16,35H,2-5H2,(H,32,36)/t15-,16+. The van der Waals surface area contributed by atoms with E-state index < -0.39 is 40.6 Å². The zero-order chi connectivity index (χ0) is 27.1. The number of amides is 1. The van der Waals surface area contributed by atoms with Gasteiger partial charge in [0, 0.05) is 23.2 Å². The summed E-state index contributed by atoms with van der Waals surface area (Å²) < 4.78 is 43.5. The normalized spacial score (nSPS) is 17.5. The molecule has 0 unspecified atom stereocenters. The van der Waals surface area contributed by atoms with Crippen LogP contribution in [0.15, 0.2) is 58.3 Å². The average Bonchev–Trinajstić information content (AvgIpc) is 2.87. The molecule has 5 rings (SSSR count). The minimum Gasteiger partial charge on any atom is -0.507 e. The van der Waals surface area contributed by atoms with Crippen LogP contribution in [-0.4, -0.2) is 31.2 Å². The molecule has 2 aromatic carbocycles. The van der Waals surface area contributed by atoms with Crippen LogP contribution in [0.2, 0.25) is 5.02 Å². The Morgan fingerprint density at radius 3 is 2.42 bits per heavy atom. The van der Waals surface area contributed by atoms with E-state index in [1.807, 2.05) is 0 Å². The van der Waals surface area contributed by atoms with Crippen molar-refractivity contribution in [2.75, 3.05) is 0 Å². The number of phenolic OH excluding ortho intramolecular Hbond substituents is 1. The van der Waals surface area contributed by atoms with Gasteiger partial charge in [-0.05, 0) is 62.1 Å². The van der Waals surface area contributed by atoms with Gasteiger partial charge in [0.1, 0.15) is 11.6 Å². The van der Waals surface area contributed by atoms with Crippen LogP contribution in [0.3, 0.4) is 0 Å².